The number of aryl methyl sites for hydroxylation is 2. The zero-order chi connectivity index (χ0) is 17.1. The molecule has 128 valence electrons. The maximum absolute atomic E-state index is 9.23. The lowest BCUT2D eigenvalue weighted by Crippen LogP contribution is -2.31. The highest BCUT2D eigenvalue weighted by molar-refractivity contribution is 7.16. The fraction of sp³-hybridized carbons (Fsp3) is 0.647. The summed E-state index contributed by atoms with van der Waals surface area (Å²) in [6.07, 6.45) is 6.33. The van der Waals surface area contributed by atoms with E-state index >= 15 is 0 Å². The van der Waals surface area contributed by atoms with Crippen molar-refractivity contribution in [2.75, 3.05) is 18.0 Å². The average molecular weight is 344 g/mol. The quantitative estimate of drug-likeness (QED) is 0.806. The third kappa shape index (κ3) is 3.75. The van der Waals surface area contributed by atoms with Crippen LogP contribution in [-0.2, 0) is 13.5 Å². The lowest BCUT2D eigenvalue weighted by Gasteiger charge is -2.25. The number of nitriles is 1. The molecule has 0 N–H and O–H groups in total. The molecule has 0 aromatic carbocycles. The Morgan fingerprint density at radius 1 is 1.46 bits per heavy atom. The molecule has 0 radical (unpaired) electrons. The van der Waals surface area contributed by atoms with Crippen LogP contribution in [0.1, 0.15) is 42.6 Å². The van der Waals surface area contributed by atoms with E-state index in [9.17, 15) is 5.26 Å². The average Bonchev–Trinajstić information content (AvgIpc) is 3.25. The molecule has 2 aromatic heterocycles. The first kappa shape index (κ1) is 16.9. The second-order valence-corrected chi connectivity index (χ2v) is 7.78. The van der Waals surface area contributed by atoms with Gasteiger partial charge in [0.05, 0.1) is 5.69 Å². The first-order chi connectivity index (χ1) is 11.6. The zero-order valence-electron chi connectivity index (χ0n) is 14.6. The Bertz CT molecular complexity index is 728. The summed E-state index contributed by atoms with van der Waals surface area (Å²) in [6, 6.07) is 2.25. The first-order valence-electron chi connectivity index (χ1n) is 8.52. The van der Waals surface area contributed by atoms with Gasteiger partial charge in [0, 0.05) is 26.6 Å². The summed E-state index contributed by atoms with van der Waals surface area (Å²) in [5.41, 5.74) is 0.834. The summed E-state index contributed by atoms with van der Waals surface area (Å²) in [7, 11) is 1.92. The topological polar surface area (TPSA) is 70.6 Å². The van der Waals surface area contributed by atoms with Gasteiger partial charge in [0.1, 0.15) is 23.1 Å². The van der Waals surface area contributed by atoms with Crippen molar-refractivity contribution >= 4 is 16.5 Å². The minimum atomic E-state index is 0.716. The van der Waals surface area contributed by atoms with E-state index in [1.807, 2.05) is 18.7 Å². The van der Waals surface area contributed by atoms with Gasteiger partial charge in [-0.25, -0.2) is 9.97 Å². The predicted octanol–water partition coefficient (Wildman–Crippen LogP) is 2.94. The fourth-order valence-electron chi connectivity index (χ4n) is 3.47. The van der Waals surface area contributed by atoms with E-state index in [1.54, 1.807) is 6.33 Å². The van der Waals surface area contributed by atoms with Crippen LogP contribution in [-0.4, -0.2) is 32.8 Å². The molecule has 2 unspecified atom stereocenters. The van der Waals surface area contributed by atoms with E-state index in [0.29, 0.717) is 10.8 Å². The Hall–Kier alpha value is -1.94. The molecular weight excluding hydrogens is 320 g/mol. The van der Waals surface area contributed by atoms with Gasteiger partial charge in [0.25, 0.3) is 0 Å². The molecule has 2 heterocycles. The van der Waals surface area contributed by atoms with E-state index in [0.717, 1.165) is 42.1 Å². The zero-order valence-corrected chi connectivity index (χ0v) is 15.4. The molecule has 1 aliphatic carbocycles. The Labute approximate surface area is 147 Å². The van der Waals surface area contributed by atoms with Gasteiger partial charge in [-0.05, 0) is 31.6 Å². The number of nitrogens with zero attached hydrogens (tertiary/aromatic N) is 6. The largest absolute Gasteiger partial charge is 0.347 e. The van der Waals surface area contributed by atoms with Crippen molar-refractivity contribution in [1.82, 2.24) is 19.7 Å². The Kier molecular flexibility index (Phi) is 5.14. The smallest absolute Gasteiger partial charge is 0.186 e. The number of hydrogen-bond donors (Lipinski definition) is 0. The molecule has 0 aliphatic heterocycles. The van der Waals surface area contributed by atoms with Crippen LogP contribution >= 0.6 is 11.3 Å². The van der Waals surface area contributed by atoms with Crippen LogP contribution in [0.4, 0.5) is 5.13 Å². The molecule has 2 atom stereocenters. The highest BCUT2D eigenvalue weighted by Gasteiger charge is 2.25. The van der Waals surface area contributed by atoms with Crippen molar-refractivity contribution < 1.29 is 0 Å². The van der Waals surface area contributed by atoms with E-state index in [1.165, 1.54) is 30.6 Å². The van der Waals surface area contributed by atoms with Crippen LogP contribution < -0.4 is 4.90 Å². The summed E-state index contributed by atoms with van der Waals surface area (Å²) < 4.78 is 1.82. The highest BCUT2D eigenvalue weighted by Crippen LogP contribution is 2.33. The molecule has 3 rings (SSSR count). The van der Waals surface area contributed by atoms with Crippen LogP contribution in [0.5, 0.6) is 0 Å². The van der Waals surface area contributed by atoms with Crippen molar-refractivity contribution in [2.24, 2.45) is 18.9 Å². The second kappa shape index (κ2) is 7.31. The van der Waals surface area contributed by atoms with Crippen molar-refractivity contribution in [1.29, 1.82) is 5.26 Å². The van der Waals surface area contributed by atoms with Crippen LogP contribution in [0.25, 0.3) is 0 Å². The minimum Gasteiger partial charge on any atom is -0.347 e. The Morgan fingerprint density at radius 3 is 2.88 bits per heavy atom. The third-order valence-electron chi connectivity index (χ3n) is 4.85. The van der Waals surface area contributed by atoms with Gasteiger partial charge in [0.2, 0.25) is 0 Å². The molecule has 1 fully saturated rings. The molecule has 0 spiro atoms. The van der Waals surface area contributed by atoms with Gasteiger partial charge in [-0.15, -0.1) is 0 Å². The number of thiazole rings is 1. The normalized spacial score (nSPS) is 20.2. The number of anilines is 1. The Morgan fingerprint density at radius 2 is 2.29 bits per heavy atom. The summed E-state index contributed by atoms with van der Waals surface area (Å²) >= 11 is 1.50. The van der Waals surface area contributed by atoms with Gasteiger partial charge in [0.15, 0.2) is 5.13 Å². The SMILES string of the molecule is Cc1nc(N(CCc2ncnn2C)CC2CCC(C)C2)sc1C#N. The van der Waals surface area contributed by atoms with Crippen LogP contribution in [0.2, 0.25) is 0 Å². The van der Waals surface area contributed by atoms with Crippen molar-refractivity contribution in [3.63, 3.8) is 0 Å². The molecule has 1 aliphatic rings. The van der Waals surface area contributed by atoms with E-state index in [2.05, 4.69) is 33.0 Å². The molecule has 6 nitrogen and oxygen atoms in total. The summed E-state index contributed by atoms with van der Waals surface area (Å²) in [6.45, 7) is 6.12. The summed E-state index contributed by atoms with van der Waals surface area (Å²) in [5, 5.41) is 14.3. The highest BCUT2D eigenvalue weighted by atomic mass is 32.1. The van der Waals surface area contributed by atoms with E-state index in [4.69, 9.17) is 0 Å². The maximum Gasteiger partial charge on any atom is 0.186 e. The predicted molar refractivity (Wildman–Crippen MR) is 95.0 cm³/mol. The third-order valence-corrected chi connectivity index (χ3v) is 5.97. The maximum atomic E-state index is 9.23. The molecular formula is C17H24N6S. The van der Waals surface area contributed by atoms with Gasteiger partial charge < -0.3 is 4.90 Å². The number of rotatable bonds is 6. The van der Waals surface area contributed by atoms with Crippen molar-refractivity contribution in [3.8, 4) is 6.07 Å². The van der Waals surface area contributed by atoms with Crippen LogP contribution in [0, 0.1) is 30.1 Å². The van der Waals surface area contributed by atoms with Gasteiger partial charge in [-0.1, -0.05) is 24.7 Å². The number of hydrogen-bond acceptors (Lipinski definition) is 6. The monoisotopic (exact) mass is 344 g/mol. The molecule has 7 heteroatoms. The molecule has 2 aromatic rings. The van der Waals surface area contributed by atoms with Crippen LogP contribution in [0.15, 0.2) is 6.33 Å². The molecule has 0 bridgehead atoms. The lowest BCUT2D eigenvalue weighted by atomic mass is 10.1. The first-order valence-corrected chi connectivity index (χ1v) is 9.33. The minimum absolute atomic E-state index is 0.716. The summed E-state index contributed by atoms with van der Waals surface area (Å²) in [4.78, 5) is 12.0. The fourth-order valence-corrected chi connectivity index (χ4v) is 4.37. The number of aromatic nitrogens is 4. The van der Waals surface area contributed by atoms with Crippen molar-refractivity contribution in [3.05, 3.63) is 22.7 Å². The van der Waals surface area contributed by atoms with Crippen molar-refractivity contribution in [2.45, 2.75) is 39.5 Å². The van der Waals surface area contributed by atoms with Crippen LogP contribution in [0.3, 0.4) is 0 Å². The van der Waals surface area contributed by atoms with E-state index < -0.39 is 0 Å². The second-order valence-electron chi connectivity index (χ2n) is 6.80. The van der Waals surface area contributed by atoms with Gasteiger partial charge in [-0.2, -0.15) is 10.4 Å². The van der Waals surface area contributed by atoms with Gasteiger partial charge in [-0.3, -0.25) is 4.68 Å². The standard InChI is InChI=1S/C17H24N6S/c1-12-4-5-14(8-12)10-23(7-6-16-19-11-20-22(16)3)17-21-13(2)15(9-18)24-17/h11-12,14H,4-8,10H2,1-3H3. The van der Waals surface area contributed by atoms with E-state index in [-0.39, 0.29) is 0 Å². The summed E-state index contributed by atoms with van der Waals surface area (Å²) in [5.74, 6) is 2.52. The van der Waals surface area contributed by atoms with Gasteiger partial charge >= 0.3 is 0 Å². The molecule has 0 saturated heterocycles. The lowest BCUT2D eigenvalue weighted by molar-refractivity contribution is 0.501. The molecule has 1 saturated carbocycles. The molecule has 0 amide bonds. The molecule has 24 heavy (non-hydrogen) atoms. The Balaban J connectivity index is 1.74.